The second kappa shape index (κ2) is 6.55. The molecule has 0 atom stereocenters. The maximum atomic E-state index is 12.0. The zero-order valence-corrected chi connectivity index (χ0v) is 10.9. The average molecular weight is 277 g/mol. The van der Waals surface area contributed by atoms with E-state index in [1.165, 1.54) is 0 Å². The Morgan fingerprint density at radius 2 is 1.89 bits per heavy atom. The standard InChI is InChI=1S/C11H18F3N5/c1-7(2)10-17-8(6-9(18-10)19-15)16-5-3-4-11(12,13)14/h6-7H,3-5,15H2,1-2H3,(H2,16,17,18,19). The summed E-state index contributed by atoms with van der Waals surface area (Å²) in [5.41, 5.74) is 2.41. The van der Waals surface area contributed by atoms with Crippen LogP contribution < -0.4 is 16.6 Å². The van der Waals surface area contributed by atoms with Gasteiger partial charge < -0.3 is 10.7 Å². The zero-order valence-electron chi connectivity index (χ0n) is 10.9. The fraction of sp³-hybridized carbons (Fsp3) is 0.636. The lowest BCUT2D eigenvalue weighted by atomic mass is 10.2. The van der Waals surface area contributed by atoms with Gasteiger partial charge in [-0.15, -0.1) is 0 Å². The minimum absolute atomic E-state index is 0.00407. The van der Waals surface area contributed by atoms with Gasteiger partial charge in [0.1, 0.15) is 17.5 Å². The number of aromatic nitrogens is 2. The van der Waals surface area contributed by atoms with E-state index in [0.29, 0.717) is 17.5 Å². The maximum Gasteiger partial charge on any atom is 0.389 e. The Balaban J connectivity index is 2.60. The van der Waals surface area contributed by atoms with Gasteiger partial charge in [0, 0.05) is 24.9 Å². The highest BCUT2D eigenvalue weighted by Crippen LogP contribution is 2.21. The van der Waals surface area contributed by atoms with Crippen LogP contribution in [0, 0.1) is 0 Å². The van der Waals surface area contributed by atoms with Gasteiger partial charge in [-0.1, -0.05) is 13.8 Å². The molecule has 0 aromatic carbocycles. The van der Waals surface area contributed by atoms with Crippen molar-refractivity contribution in [3.05, 3.63) is 11.9 Å². The van der Waals surface area contributed by atoms with Crippen molar-refractivity contribution in [1.29, 1.82) is 0 Å². The predicted octanol–water partition coefficient (Wildman–Crippen LogP) is 2.64. The molecule has 0 amide bonds. The van der Waals surface area contributed by atoms with E-state index < -0.39 is 12.6 Å². The molecule has 1 rings (SSSR count). The molecule has 0 bridgehead atoms. The van der Waals surface area contributed by atoms with Crippen molar-refractivity contribution in [2.24, 2.45) is 5.84 Å². The lowest BCUT2D eigenvalue weighted by Gasteiger charge is -2.11. The lowest BCUT2D eigenvalue weighted by molar-refractivity contribution is -0.134. The highest BCUT2D eigenvalue weighted by atomic mass is 19.4. The molecule has 8 heteroatoms. The molecule has 0 aliphatic carbocycles. The average Bonchev–Trinajstić information content (AvgIpc) is 2.33. The van der Waals surface area contributed by atoms with E-state index >= 15 is 0 Å². The molecule has 108 valence electrons. The normalized spacial score (nSPS) is 11.7. The van der Waals surface area contributed by atoms with Crippen molar-refractivity contribution in [1.82, 2.24) is 9.97 Å². The maximum absolute atomic E-state index is 12.0. The Labute approximate surface area is 109 Å². The Bertz CT molecular complexity index is 406. The van der Waals surface area contributed by atoms with Gasteiger partial charge in [-0.05, 0) is 6.42 Å². The second-order valence-corrected chi connectivity index (χ2v) is 4.44. The van der Waals surface area contributed by atoms with Crippen LogP contribution in [0.2, 0.25) is 0 Å². The minimum atomic E-state index is -4.12. The number of nitrogens with one attached hydrogen (secondary N) is 2. The Kier molecular flexibility index (Phi) is 5.34. The van der Waals surface area contributed by atoms with Crippen LogP contribution in [0.5, 0.6) is 0 Å². The van der Waals surface area contributed by atoms with Crippen molar-refractivity contribution in [2.45, 2.75) is 38.8 Å². The Morgan fingerprint density at radius 3 is 2.42 bits per heavy atom. The molecule has 0 fully saturated rings. The predicted molar refractivity (Wildman–Crippen MR) is 67.7 cm³/mol. The van der Waals surface area contributed by atoms with E-state index in [9.17, 15) is 13.2 Å². The molecular formula is C11H18F3N5. The molecule has 4 N–H and O–H groups in total. The molecular weight excluding hydrogens is 259 g/mol. The van der Waals surface area contributed by atoms with E-state index in [-0.39, 0.29) is 18.9 Å². The van der Waals surface area contributed by atoms with Gasteiger partial charge in [-0.25, -0.2) is 15.8 Å². The summed E-state index contributed by atoms with van der Waals surface area (Å²) in [6.45, 7) is 4.03. The number of alkyl halides is 3. The number of nitrogen functional groups attached to an aromatic ring is 1. The molecule has 5 nitrogen and oxygen atoms in total. The number of nitrogens with two attached hydrogens (primary N) is 1. The van der Waals surface area contributed by atoms with Crippen molar-refractivity contribution in [2.75, 3.05) is 17.3 Å². The first-order valence-corrected chi connectivity index (χ1v) is 5.98. The number of rotatable bonds is 6. The number of hydrogen-bond acceptors (Lipinski definition) is 5. The second-order valence-electron chi connectivity index (χ2n) is 4.44. The summed E-state index contributed by atoms with van der Waals surface area (Å²) in [6, 6.07) is 1.56. The number of halogens is 3. The summed E-state index contributed by atoms with van der Waals surface area (Å²) in [4.78, 5) is 8.37. The largest absolute Gasteiger partial charge is 0.389 e. The number of hydrazine groups is 1. The fourth-order valence-electron chi connectivity index (χ4n) is 1.39. The minimum Gasteiger partial charge on any atom is -0.370 e. The number of anilines is 2. The first-order chi connectivity index (χ1) is 8.81. The highest BCUT2D eigenvalue weighted by Gasteiger charge is 2.25. The molecule has 0 spiro atoms. The van der Waals surface area contributed by atoms with Gasteiger partial charge in [0.15, 0.2) is 0 Å². The summed E-state index contributed by atoms with van der Waals surface area (Å²) in [7, 11) is 0. The van der Waals surface area contributed by atoms with Crippen LogP contribution in [0.25, 0.3) is 0 Å². The smallest absolute Gasteiger partial charge is 0.370 e. The summed E-state index contributed by atoms with van der Waals surface area (Å²) >= 11 is 0. The van der Waals surface area contributed by atoms with Crippen molar-refractivity contribution in [3.63, 3.8) is 0 Å². The molecule has 0 aliphatic rings. The third kappa shape index (κ3) is 5.73. The highest BCUT2D eigenvalue weighted by molar-refractivity contribution is 5.47. The number of nitrogens with zero attached hydrogens (tertiary/aromatic N) is 2. The third-order valence-electron chi connectivity index (χ3n) is 2.35. The van der Waals surface area contributed by atoms with Gasteiger partial charge >= 0.3 is 6.18 Å². The molecule has 1 aromatic rings. The van der Waals surface area contributed by atoms with Crippen LogP contribution in [0.3, 0.4) is 0 Å². The molecule has 1 heterocycles. The Morgan fingerprint density at radius 1 is 1.26 bits per heavy atom. The van der Waals surface area contributed by atoms with Crippen molar-refractivity contribution < 1.29 is 13.2 Å². The van der Waals surface area contributed by atoms with Gasteiger partial charge in [-0.3, -0.25) is 0 Å². The van der Waals surface area contributed by atoms with E-state index in [2.05, 4.69) is 20.7 Å². The summed E-state index contributed by atoms with van der Waals surface area (Å²) < 4.78 is 36.0. The molecule has 19 heavy (non-hydrogen) atoms. The summed E-state index contributed by atoms with van der Waals surface area (Å²) in [6.07, 6.45) is -4.94. The van der Waals surface area contributed by atoms with Crippen LogP contribution in [0.4, 0.5) is 24.8 Å². The van der Waals surface area contributed by atoms with Crippen molar-refractivity contribution >= 4 is 11.6 Å². The van der Waals surface area contributed by atoms with Crippen LogP contribution in [0.1, 0.15) is 38.4 Å². The number of hydrogen-bond donors (Lipinski definition) is 3. The van der Waals surface area contributed by atoms with Crippen LogP contribution in [-0.4, -0.2) is 22.7 Å². The quantitative estimate of drug-likeness (QED) is 0.423. The van der Waals surface area contributed by atoms with Crippen molar-refractivity contribution in [3.8, 4) is 0 Å². The van der Waals surface area contributed by atoms with E-state index in [0.717, 1.165) is 0 Å². The molecule has 1 aromatic heterocycles. The van der Waals surface area contributed by atoms with E-state index in [1.54, 1.807) is 6.07 Å². The summed E-state index contributed by atoms with van der Waals surface area (Å²) in [5.74, 6) is 6.86. The molecule has 0 saturated carbocycles. The first-order valence-electron chi connectivity index (χ1n) is 5.98. The molecule has 0 radical (unpaired) electrons. The topological polar surface area (TPSA) is 75.9 Å². The van der Waals surface area contributed by atoms with Gasteiger partial charge in [0.25, 0.3) is 0 Å². The van der Waals surface area contributed by atoms with Gasteiger partial charge in [0.2, 0.25) is 0 Å². The van der Waals surface area contributed by atoms with E-state index in [4.69, 9.17) is 5.84 Å². The fourth-order valence-corrected chi connectivity index (χ4v) is 1.39. The summed E-state index contributed by atoms with van der Waals surface area (Å²) in [5, 5.41) is 2.84. The van der Waals surface area contributed by atoms with E-state index in [1.807, 2.05) is 13.8 Å². The first kappa shape index (κ1) is 15.5. The zero-order chi connectivity index (χ0) is 14.5. The third-order valence-corrected chi connectivity index (χ3v) is 2.35. The van der Waals surface area contributed by atoms with Crippen LogP contribution in [0.15, 0.2) is 6.07 Å². The lowest BCUT2D eigenvalue weighted by Crippen LogP contribution is -2.14. The SMILES string of the molecule is CC(C)c1nc(NN)cc(NCCCC(F)(F)F)n1. The van der Waals surface area contributed by atoms with Gasteiger partial charge in [-0.2, -0.15) is 13.2 Å². The monoisotopic (exact) mass is 277 g/mol. The molecule has 0 aliphatic heterocycles. The van der Waals surface area contributed by atoms with Gasteiger partial charge in [0.05, 0.1) is 0 Å². The van der Waals surface area contributed by atoms with Crippen LogP contribution in [-0.2, 0) is 0 Å². The Hall–Kier alpha value is -1.57. The van der Waals surface area contributed by atoms with Crippen LogP contribution >= 0.6 is 0 Å². The molecule has 0 unspecified atom stereocenters. The molecule has 0 saturated heterocycles.